The fourth-order valence-corrected chi connectivity index (χ4v) is 2.62. The Kier molecular flexibility index (Phi) is 7.53. The molecule has 0 saturated carbocycles. The van der Waals surface area contributed by atoms with Crippen molar-refractivity contribution in [3.8, 4) is 11.3 Å². The lowest BCUT2D eigenvalue weighted by Gasteiger charge is -2.24. The molecule has 0 aliphatic rings. The Balaban J connectivity index is 2.15. The summed E-state index contributed by atoms with van der Waals surface area (Å²) in [5, 5.41) is 6.74. The number of methoxy groups -OCH3 is 1. The van der Waals surface area contributed by atoms with Crippen LogP contribution in [0.15, 0.2) is 30.5 Å². The van der Waals surface area contributed by atoms with Crippen LogP contribution in [0.25, 0.3) is 11.3 Å². The molecular formula is C20H28FN3O4. The normalized spacial score (nSPS) is 12.6. The highest BCUT2D eigenvalue weighted by atomic mass is 19.1. The van der Waals surface area contributed by atoms with Crippen LogP contribution in [0.2, 0.25) is 0 Å². The smallest absolute Gasteiger partial charge is 0.408 e. The summed E-state index contributed by atoms with van der Waals surface area (Å²) in [5.74, 6) is -0.387. The molecule has 28 heavy (non-hydrogen) atoms. The third kappa shape index (κ3) is 6.31. The number of halogens is 1. The monoisotopic (exact) mass is 393 g/mol. The maximum Gasteiger partial charge on any atom is 0.408 e. The second-order valence-corrected chi connectivity index (χ2v) is 7.35. The van der Waals surface area contributed by atoms with Crippen LogP contribution < -0.4 is 5.32 Å². The van der Waals surface area contributed by atoms with Crippen molar-refractivity contribution >= 4 is 6.09 Å². The van der Waals surface area contributed by atoms with E-state index in [-0.39, 0.29) is 12.4 Å². The summed E-state index contributed by atoms with van der Waals surface area (Å²) in [6.45, 7) is 6.51. The lowest BCUT2D eigenvalue weighted by atomic mass is 10.0. The first-order valence-corrected chi connectivity index (χ1v) is 9.05. The molecular weight excluding hydrogens is 365 g/mol. The molecule has 0 bridgehead atoms. The number of ether oxygens (including phenoxy) is 3. The summed E-state index contributed by atoms with van der Waals surface area (Å²) >= 11 is 0. The van der Waals surface area contributed by atoms with E-state index in [0.717, 1.165) is 5.56 Å². The minimum atomic E-state index is -0.605. The number of alkyl carbamates (subject to hydrolysis) is 1. The molecule has 0 saturated heterocycles. The molecule has 1 N–H and O–H groups in total. The summed E-state index contributed by atoms with van der Waals surface area (Å²) in [4.78, 5) is 12.2. The lowest BCUT2D eigenvalue weighted by molar-refractivity contribution is 0.0370. The third-order valence-corrected chi connectivity index (χ3v) is 3.89. The summed E-state index contributed by atoms with van der Waals surface area (Å²) in [7, 11) is 3.28. The van der Waals surface area contributed by atoms with Crippen molar-refractivity contribution < 1.29 is 23.4 Å². The number of hydrogen-bond donors (Lipinski definition) is 1. The van der Waals surface area contributed by atoms with E-state index in [1.54, 1.807) is 47.1 Å². The molecule has 0 unspecified atom stereocenters. The van der Waals surface area contributed by atoms with Crippen LogP contribution in [0, 0.1) is 5.82 Å². The first-order valence-electron chi connectivity index (χ1n) is 9.05. The molecule has 7 nitrogen and oxygen atoms in total. The average Bonchev–Trinajstić information content (AvgIpc) is 2.95. The third-order valence-electron chi connectivity index (χ3n) is 3.89. The number of aromatic nitrogens is 2. The van der Waals surface area contributed by atoms with Gasteiger partial charge in [0.15, 0.2) is 5.82 Å². The van der Waals surface area contributed by atoms with Crippen LogP contribution in [-0.4, -0.2) is 48.4 Å². The quantitative estimate of drug-likeness (QED) is 0.696. The van der Waals surface area contributed by atoms with Crippen molar-refractivity contribution in [2.24, 2.45) is 7.05 Å². The van der Waals surface area contributed by atoms with Crippen LogP contribution in [0.1, 0.15) is 32.4 Å². The van der Waals surface area contributed by atoms with Crippen LogP contribution in [0.3, 0.4) is 0 Å². The molecule has 2 aromatic rings. The lowest BCUT2D eigenvalue weighted by Crippen LogP contribution is -2.36. The van der Waals surface area contributed by atoms with E-state index < -0.39 is 17.7 Å². The number of nitrogens with zero attached hydrogens (tertiary/aromatic N) is 2. The number of aryl methyl sites for hydroxylation is 1. The molecule has 1 aromatic heterocycles. The van der Waals surface area contributed by atoms with Gasteiger partial charge in [-0.05, 0) is 26.3 Å². The fraction of sp³-hybridized carbons (Fsp3) is 0.500. The van der Waals surface area contributed by atoms with Gasteiger partial charge in [0.05, 0.1) is 32.1 Å². The van der Waals surface area contributed by atoms with Gasteiger partial charge >= 0.3 is 6.09 Å². The van der Waals surface area contributed by atoms with E-state index in [1.165, 1.54) is 10.9 Å². The highest BCUT2D eigenvalue weighted by Gasteiger charge is 2.21. The zero-order chi connectivity index (χ0) is 20.7. The summed E-state index contributed by atoms with van der Waals surface area (Å²) < 4.78 is 31.3. The van der Waals surface area contributed by atoms with Crippen molar-refractivity contribution in [2.75, 3.05) is 26.9 Å². The predicted molar refractivity (Wildman–Crippen MR) is 103 cm³/mol. The Morgan fingerprint density at radius 3 is 2.46 bits per heavy atom. The number of hydrogen-bond acceptors (Lipinski definition) is 5. The van der Waals surface area contributed by atoms with Gasteiger partial charge in [0, 0.05) is 19.7 Å². The maximum atomic E-state index is 13.9. The van der Waals surface area contributed by atoms with Gasteiger partial charge in [-0.2, -0.15) is 5.10 Å². The number of nitrogens with one attached hydrogen (secondary N) is 1. The topological polar surface area (TPSA) is 74.6 Å². The van der Waals surface area contributed by atoms with E-state index in [9.17, 15) is 9.18 Å². The zero-order valence-corrected chi connectivity index (χ0v) is 17.0. The molecule has 1 atom stereocenters. The molecule has 0 aliphatic carbocycles. The Labute approximate surface area is 164 Å². The molecule has 1 heterocycles. The highest BCUT2D eigenvalue weighted by molar-refractivity contribution is 5.68. The fourth-order valence-electron chi connectivity index (χ4n) is 2.62. The number of benzene rings is 1. The first-order chi connectivity index (χ1) is 13.2. The average molecular weight is 393 g/mol. The van der Waals surface area contributed by atoms with Crippen LogP contribution >= 0.6 is 0 Å². The molecule has 0 aliphatic heterocycles. The van der Waals surface area contributed by atoms with Crippen molar-refractivity contribution in [3.05, 3.63) is 41.8 Å². The minimum absolute atomic E-state index is 0.252. The Hall–Kier alpha value is -2.45. The molecule has 2 rings (SSSR count). The number of carbonyl (C=O) groups is 1. The van der Waals surface area contributed by atoms with Crippen molar-refractivity contribution in [2.45, 2.75) is 32.4 Å². The number of carbonyl (C=O) groups excluding carboxylic acids is 1. The van der Waals surface area contributed by atoms with Crippen molar-refractivity contribution in [1.29, 1.82) is 0 Å². The number of amides is 1. The summed E-state index contributed by atoms with van der Waals surface area (Å²) in [6, 6.07) is 6.80. The molecule has 154 valence electrons. The zero-order valence-electron chi connectivity index (χ0n) is 17.0. The second kappa shape index (κ2) is 9.66. The van der Waals surface area contributed by atoms with Gasteiger partial charge in [-0.25, -0.2) is 9.18 Å². The van der Waals surface area contributed by atoms with Crippen molar-refractivity contribution in [1.82, 2.24) is 15.1 Å². The van der Waals surface area contributed by atoms with Gasteiger partial charge < -0.3 is 19.5 Å². The van der Waals surface area contributed by atoms with E-state index in [4.69, 9.17) is 14.2 Å². The Morgan fingerprint density at radius 2 is 1.93 bits per heavy atom. The molecule has 0 fully saturated rings. The van der Waals surface area contributed by atoms with Crippen molar-refractivity contribution in [3.63, 3.8) is 0 Å². The van der Waals surface area contributed by atoms with E-state index in [0.29, 0.717) is 24.5 Å². The van der Waals surface area contributed by atoms with Crippen LogP contribution in [-0.2, 0) is 21.3 Å². The molecule has 0 spiro atoms. The van der Waals surface area contributed by atoms with Crippen LogP contribution in [0.5, 0.6) is 0 Å². The highest BCUT2D eigenvalue weighted by Crippen LogP contribution is 2.24. The standard InChI is InChI=1S/C20H28FN3O4/c1-20(2,3)28-19(25)23-17(13-27-11-10-26-5)14-6-8-15(9-7-14)18-16(21)12-22-24(18)4/h6-9,12,17H,10-11,13H2,1-5H3,(H,23,25)/t17-/m0/s1. The number of rotatable bonds is 8. The van der Waals surface area contributed by atoms with Gasteiger partial charge in [-0.15, -0.1) is 0 Å². The van der Waals surface area contributed by atoms with Gasteiger partial charge in [0.25, 0.3) is 0 Å². The van der Waals surface area contributed by atoms with E-state index >= 15 is 0 Å². The first kappa shape index (κ1) is 21.8. The second-order valence-electron chi connectivity index (χ2n) is 7.35. The minimum Gasteiger partial charge on any atom is -0.444 e. The molecule has 0 radical (unpaired) electrons. The molecule has 1 amide bonds. The summed E-state index contributed by atoms with van der Waals surface area (Å²) in [5.41, 5.74) is 1.30. The van der Waals surface area contributed by atoms with Gasteiger partial charge in [0.2, 0.25) is 0 Å². The summed E-state index contributed by atoms with van der Waals surface area (Å²) in [6.07, 6.45) is 0.648. The maximum absolute atomic E-state index is 13.9. The largest absolute Gasteiger partial charge is 0.444 e. The van der Waals surface area contributed by atoms with Crippen LogP contribution in [0.4, 0.5) is 9.18 Å². The van der Waals surface area contributed by atoms with Gasteiger partial charge in [0.1, 0.15) is 11.3 Å². The Bertz CT molecular complexity index is 749. The van der Waals surface area contributed by atoms with Gasteiger partial charge in [-0.1, -0.05) is 24.3 Å². The van der Waals surface area contributed by atoms with E-state index in [1.807, 2.05) is 12.1 Å². The molecule has 1 aromatic carbocycles. The SMILES string of the molecule is COCCOC[C@H](NC(=O)OC(C)(C)C)c1ccc(-c2c(F)cnn2C)cc1. The molecule has 8 heteroatoms. The Morgan fingerprint density at radius 1 is 1.25 bits per heavy atom. The van der Waals surface area contributed by atoms with E-state index in [2.05, 4.69) is 10.4 Å². The predicted octanol–water partition coefficient (Wildman–Crippen LogP) is 3.46. The van der Waals surface area contributed by atoms with Gasteiger partial charge in [-0.3, -0.25) is 4.68 Å².